The Hall–Kier alpha value is -2.42. The number of methoxy groups -OCH3 is 1. The quantitative estimate of drug-likeness (QED) is 0.699. The average Bonchev–Trinajstić information content (AvgIpc) is 3.12. The second kappa shape index (κ2) is 7.22. The van der Waals surface area contributed by atoms with Crippen LogP contribution in [0.1, 0.15) is 37.3 Å². The molecule has 0 amide bonds. The van der Waals surface area contributed by atoms with Gasteiger partial charge in [-0.1, -0.05) is 0 Å². The molecule has 1 aliphatic heterocycles. The largest absolute Gasteiger partial charge is 0.461 e. The monoisotopic (exact) mass is 345 g/mol. The fourth-order valence-electron chi connectivity index (χ4n) is 2.86. The Morgan fingerprint density at radius 1 is 1.20 bits per heavy atom. The predicted octanol–water partition coefficient (Wildman–Crippen LogP) is 1.84. The summed E-state index contributed by atoms with van der Waals surface area (Å²) < 4.78 is 10.6. The number of nitrogens with one attached hydrogen (secondary N) is 2. The lowest BCUT2D eigenvalue weighted by molar-refractivity contribution is 0.141. The van der Waals surface area contributed by atoms with Gasteiger partial charge in [-0.15, -0.1) is 0 Å². The van der Waals surface area contributed by atoms with E-state index in [1.165, 1.54) is 12.8 Å². The van der Waals surface area contributed by atoms with Crippen LogP contribution < -0.4 is 15.0 Å². The van der Waals surface area contributed by atoms with Gasteiger partial charge in [-0.05, 0) is 25.7 Å². The van der Waals surface area contributed by atoms with Gasteiger partial charge in [0, 0.05) is 37.9 Å². The average molecular weight is 345 g/mol. The first-order valence-corrected chi connectivity index (χ1v) is 8.77. The van der Waals surface area contributed by atoms with Crippen molar-refractivity contribution in [3.05, 3.63) is 11.8 Å². The van der Waals surface area contributed by atoms with Crippen molar-refractivity contribution in [1.82, 2.24) is 25.1 Å². The van der Waals surface area contributed by atoms with Crippen LogP contribution in [0.15, 0.2) is 6.07 Å². The van der Waals surface area contributed by atoms with Crippen LogP contribution in [-0.2, 0) is 4.74 Å². The van der Waals surface area contributed by atoms with E-state index in [0.717, 1.165) is 31.6 Å². The Balaban J connectivity index is 1.53. The molecule has 9 nitrogen and oxygen atoms in total. The molecule has 0 atom stereocenters. The molecule has 2 aromatic heterocycles. The third-order valence-corrected chi connectivity index (χ3v) is 4.37. The molecule has 3 heterocycles. The summed E-state index contributed by atoms with van der Waals surface area (Å²) in [6, 6.07) is 2.32. The highest BCUT2D eigenvalue weighted by molar-refractivity contribution is 5.51. The molecule has 0 bridgehead atoms. The van der Waals surface area contributed by atoms with E-state index in [2.05, 4.69) is 35.4 Å². The molecule has 0 unspecified atom stereocenters. The molecular weight excluding hydrogens is 322 g/mol. The number of aromatic nitrogens is 5. The summed E-state index contributed by atoms with van der Waals surface area (Å²) in [5.41, 5.74) is 1.16. The van der Waals surface area contributed by atoms with Crippen LogP contribution in [0.4, 0.5) is 17.7 Å². The van der Waals surface area contributed by atoms with Gasteiger partial charge in [0.15, 0.2) is 5.82 Å². The normalized spacial score (nSPS) is 17.1. The number of ether oxygens (including phenoxy) is 2. The molecule has 25 heavy (non-hydrogen) atoms. The molecule has 1 saturated carbocycles. The van der Waals surface area contributed by atoms with E-state index in [0.29, 0.717) is 42.9 Å². The minimum atomic E-state index is 0.300. The minimum absolute atomic E-state index is 0.300. The fourth-order valence-corrected chi connectivity index (χ4v) is 2.86. The number of rotatable bonds is 8. The molecule has 2 N–H and O–H groups in total. The van der Waals surface area contributed by atoms with E-state index in [1.54, 1.807) is 7.11 Å². The summed E-state index contributed by atoms with van der Waals surface area (Å²) >= 11 is 0. The third kappa shape index (κ3) is 3.98. The smallest absolute Gasteiger partial charge is 0.323 e. The zero-order chi connectivity index (χ0) is 17.1. The first-order chi connectivity index (χ1) is 12.3. The molecule has 134 valence electrons. The predicted molar refractivity (Wildman–Crippen MR) is 92.5 cm³/mol. The van der Waals surface area contributed by atoms with E-state index in [4.69, 9.17) is 9.47 Å². The standard InChI is InChI=1S/C16H23N7O2/c1-24-8-9-25-16-19-14(18-15(20-16)23-6-2-3-7-23)17-13-10-12(21-22-13)11-4-5-11/h10-11H,2-9H2,1H3,(H2,17,18,19,20,21,22). The van der Waals surface area contributed by atoms with Crippen LogP contribution in [0.25, 0.3) is 0 Å². The van der Waals surface area contributed by atoms with Gasteiger partial charge >= 0.3 is 6.01 Å². The van der Waals surface area contributed by atoms with E-state index in [-0.39, 0.29) is 0 Å². The van der Waals surface area contributed by atoms with Crippen LogP contribution >= 0.6 is 0 Å². The molecule has 1 saturated heterocycles. The van der Waals surface area contributed by atoms with Crippen molar-refractivity contribution in [2.75, 3.05) is 43.6 Å². The van der Waals surface area contributed by atoms with Crippen molar-refractivity contribution < 1.29 is 9.47 Å². The maximum atomic E-state index is 5.60. The van der Waals surface area contributed by atoms with Gasteiger partial charge in [0.05, 0.1) is 6.61 Å². The molecule has 2 aromatic rings. The SMILES string of the molecule is COCCOc1nc(Nc2cc(C3CC3)[nH]n2)nc(N2CCCC2)n1. The van der Waals surface area contributed by atoms with Gasteiger partial charge in [0.2, 0.25) is 11.9 Å². The second-order valence-electron chi connectivity index (χ2n) is 6.38. The summed E-state index contributed by atoms with van der Waals surface area (Å²) in [4.78, 5) is 15.5. The topological polar surface area (TPSA) is 101 Å². The molecule has 2 aliphatic rings. The summed E-state index contributed by atoms with van der Waals surface area (Å²) in [5, 5.41) is 10.5. The fraction of sp³-hybridized carbons (Fsp3) is 0.625. The molecule has 9 heteroatoms. The van der Waals surface area contributed by atoms with E-state index in [9.17, 15) is 0 Å². The Morgan fingerprint density at radius 2 is 2.04 bits per heavy atom. The van der Waals surface area contributed by atoms with Crippen LogP contribution in [0.3, 0.4) is 0 Å². The molecule has 0 spiro atoms. The Labute approximate surface area is 146 Å². The lowest BCUT2D eigenvalue weighted by Gasteiger charge is -2.16. The number of aromatic amines is 1. The van der Waals surface area contributed by atoms with Crippen molar-refractivity contribution in [3.63, 3.8) is 0 Å². The number of nitrogens with zero attached hydrogens (tertiary/aromatic N) is 5. The lowest BCUT2D eigenvalue weighted by atomic mass is 10.3. The van der Waals surface area contributed by atoms with Gasteiger partial charge in [-0.3, -0.25) is 5.10 Å². The van der Waals surface area contributed by atoms with Gasteiger partial charge in [0.1, 0.15) is 6.61 Å². The second-order valence-corrected chi connectivity index (χ2v) is 6.38. The molecule has 4 rings (SSSR count). The van der Waals surface area contributed by atoms with E-state index in [1.807, 2.05) is 6.07 Å². The zero-order valence-corrected chi connectivity index (χ0v) is 14.4. The van der Waals surface area contributed by atoms with Crippen LogP contribution in [0.2, 0.25) is 0 Å². The first-order valence-electron chi connectivity index (χ1n) is 8.77. The third-order valence-electron chi connectivity index (χ3n) is 4.37. The van der Waals surface area contributed by atoms with Gasteiger partial charge in [0.25, 0.3) is 0 Å². The summed E-state index contributed by atoms with van der Waals surface area (Å²) in [7, 11) is 1.63. The van der Waals surface area contributed by atoms with Crippen LogP contribution in [0.5, 0.6) is 6.01 Å². The molecule has 2 fully saturated rings. The van der Waals surface area contributed by atoms with Crippen molar-refractivity contribution in [2.45, 2.75) is 31.6 Å². The summed E-state index contributed by atoms with van der Waals surface area (Å²) in [5.74, 6) is 2.41. The summed E-state index contributed by atoms with van der Waals surface area (Å²) in [6.45, 7) is 2.79. The molecule has 0 aromatic carbocycles. The van der Waals surface area contributed by atoms with Gasteiger partial charge in [-0.25, -0.2) is 0 Å². The summed E-state index contributed by atoms with van der Waals surface area (Å²) in [6.07, 6.45) is 4.75. The Morgan fingerprint density at radius 3 is 2.80 bits per heavy atom. The van der Waals surface area contributed by atoms with Crippen LogP contribution in [0, 0.1) is 0 Å². The zero-order valence-electron chi connectivity index (χ0n) is 14.4. The highest BCUT2D eigenvalue weighted by Crippen LogP contribution is 2.39. The van der Waals surface area contributed by atoms with Crippen molar-refractivity contribution in [2.24, 2.45) is 0 Å². The van der Waals surface area contributed by atoms with Gasteiger partial charge < -0.3 is 19.7 Å². The number of H-pyrrole nitrogens is 1. The van der Waals surface area contributed by atoms with E-state index >= 15 is 0 Å². The van der Waals surface area contributed by atoms with Crippen molar-refractivity contribution in [1.29, 1.82) is 0 Å². The number of hydrogen-bond acceptors (Lipinski definition) is 8. The molecule has 1 aliphatic carbocycles. The van der Waals surface area contributed by atoms with Crippen molar-refractivity contribution >= 4 is 17.7 Å². The Kier molecular flexibility index (Phi) is 4.64. The van der Waals surface area contributed by atoms with Crippen molar-refractivity contribution in [3.8, 4) is 6.01 Å². The minimum Gasteiger partial charge on any atom is -0.461 e. The van der Waals surface area contributed by atoms with Gasteiger partial charge in [-0.2, -0.15) is 20.1 Å². The number of anilines is 3. The van der Waals surface area contributed by atoms with E-state index < -0.39 is 0 Å². The van der Waals surface area contributed by atoms with Crippen LogP contribution in [-0.4, -0.2) is 58.6 Å². The molecular formula is C16H23N7O2. The molecule has 0 radical (unpaired) electrons. The highest BCUT2D eigenvalue weighted by atomic mass is 16.5. The first kappa shape index (κ1) is 16.1. The maximum Gasteiger partial charge on any atom is 0.323 e. The highest BCUT2D eigenvalue weighted by Gasteiger charge is 2.25. The lowest BCUT2D eigenvalue weighted by Crippen LogP contribution is -2.22. The Bertz CT molecular complexity index is 710. The maximum absolute atomic E-state index is 5.60. The number of hydrogen-bond donors (Lipinski definition) is 2.